The number of aliphatic imine (C=N–C) groups is 1. The molecule has 0 fully saturated rings. The summed E-state index contributed by atoms with van der Waals surface area (Å²) in [6.45, 7) is 2.19. The number of cyclic esters (lactones) is 1. The molecular weight excluding hydrogens is 678 g/mol. The van der Waals surface area contributed by atoms with Gasteiger partial charge in [-0.2, -0.15) is 0 Å². The first-order chi connectivity index (χ1) is 16.7. The van der Waals surface area contributed by atoms with E-state index in [-0.39, 0.29) is 23.9 Å². The Balaban J connectivity index is 1.56. The zero-order valence-electron chi connectivity index (χ0n) is 18.6. The number of hydrogen-bond donors (Lipinski definition) is 0. The predicted octanol–water partition coefficient (Wildman–Crippen LogP) is 6.04. The summed E-state index contributed by atoms with van der Waals surface area (Å²) >= 11 is 4.37. The Labute approximate surface area is 228 Å². The number of hydrogen-bond acceptors (Lipinski definition) is 7. The molecular formula is C25H18I2N2O6. The van der Waals surface area contributed by atoms with Crippen molar-refractivity contribution in [3.05, 3.63) is 99.8 Å². The molecule has 0 bridgehead atoms. The first-order valence-corrected chi connectivity index (χ1v) is 12.4. The summed E-state index contributed by atoms with van der Waals surface area (Å²) in [6.07, 6.45) is 1.64. The molecule has 178 valence electrons. The average molecular weight is 696 g/mol. The molecule has 10 heteroatoms. The summed E-state index contributed by atoms with van der Waals surface area (Å²) in [4.78, 5) is 27.2. The minimum atomic E-state index is -0.524. The molecule has 0 aliphatic carbocycles. The van der Waals surface area contributed by atoms with Crippen LogP contribution in [0.1, 0.15) is 22.3 Å². The third-order valence-electron chi connectivity index (χ3n) is 5.11. The number of nitro benzene ring substituents is 1. The summed E-state index contributed by atoms with van der Waals surface area (Å²) in [5.74, 6) is 0.754. The van der Waals surface area contributed by atoms with E-state index < -0.39 is 10.9 Å². The monoisotopic (exact) mass is 696 g/mol. The van der Waals surface area contributed by atoms with Gasteiger partial charge in [-0.25, -0.2) is 9.79 Å². The molecule has 0 N–H and O–H groups in total. The molecule has 35 heavy (non-hydrogen) atoms. The lowest BCUT2D eigenvalue weighted by Gasteiger charge is -2.13. The van der Waals surface area contributed by atoms with E-state index in [0.717, 1.165) is 23.8 Å². The topological polar surface area (TPSA) is 100 Å². The van der Waals surface area contributed by atoms with Gasteiger partial charge in [0, 0.05) is 21.3 Å². The summed E-state index contributed by atoms with van der Waals surface area (Å²) < 4.78 is 18.7. The van der Waals surface area contributed by atoms with Crippen LogP contribution in [-0.4, -0.2) is 23.9 Å². The second-order valence-corrected chi connectivity index (χ2v) is 9.87. The average Bonchev–Trinajstić information content (AvgIpc) is 3.20. The van der Waals surface area contributed by atoms with Crippen LogP contribution in [0.3, 0.4) is 0 Å². The van der Waals surface area contributed by atoms with Crippen molar-refractivity contribution in [1.82, 2.24) is 0 Å². The fraction of sp³-hybridized carbons (Fsp3) is 0.120. The van der Waals surface area contributed by atoms with Crippen molar-refractivity contribution < 1.29 is 23.9 Å². The number of nitro groups is 1. The quantitative estimate of drug-likeness (QED) is 0.0982. The molecule has 1 heterocycles. The highest BCUT2D eigenvalue weighted by molar-refractivity contribution is 14.1. The molecule has 8 nitrogen and oxygen atoms in total. The zero-order valence-corrected chi connectivity index (χ0v) is 22.9. The fourth-order valence-corrected chi connectivity index (χ4v) is 4.42. The highest BCUT2D eigenvalue weighted by Crippen LogP contribution is 2.35. The van der Waals surface area contributed by atoms with Crippen molar-refractivity contribution in [2.45, 2.75) is 13.5 Å². The number of nitrogens with zero attached hydrogens (tertiary/aromatic N) is 2. The molecule has 3 aromatic rings. The molecule has 3 aromatic carbocycles. The molecule has 1 aliphatic heterocycles. The summed E-state index contributed by atoms with van der Waals surface area (Å²) in [6, 6.07) is 15.5. The fourth-order valence-electron chi connectivity index (χ4n) is 3.30. The number of methoxy groups -OCH3 is 1. The Morgan fingerprint density at radius 2 is 1.83 bits per heavy atom. The zero-order chi connectivity index (χ0) is 25.1. The number of carbonyl (C=O) groups is 1. The van der Waals surface area contributed by atoms with Crippen molar-refractivity contribution in [2.24, 2.45) is 4.99 Å². The Bertz CT molecular complexity index is 1380. The van der Waals surface area contributed by atoms with E-state index in [0.29, 0.717) is 17.1 Å². The Hall–Kier alpha value is -3.00. The van der Waals surface area contributed by atoms with E-state index in [1.807, 2.05) is 31.2 Å². The van der Waals surface area contributed by atoms with Crippen LogP contribution in [0.5, 0.6) is 11.5 Å². The number of rotatable bonds is 7. The van der Waals surface area contributed by atoms with Gasteiger partial charge in [0.25, 0.3) is 5.69 Å². The van der Waals surface area contributed by atoms with Gasteiger partial charge in [-0.1, -0.05) is 0 Å². The van der Waals surface area contributed by atoms with Gasteiger partial charge in [0.05, 0.1) is 15.6 Å². The first kappa shape index (κ1) is 25.1. The number of halogens is 2. The van der Waals surface area contributed by atoms with E-state index in [2.05, 4.69) is 50.2 Å². The predicted molar refractivity (Wildman–Crippen MR) is 148 cm³/mol. The van der Waals surface area contributed by atoms with Crippen LogP contribution >= 0.6 is 45.2 Å². The number of non-ortho nitro benzene ring substituents is 1. The summed E-state index contributed by atoms with van der Waals surface area (Å²) in [5.41, 5.74) is 3.50. The summed E-state index contributed by atoms with van der Waals surface area (Å²) in [5, 5.41) is 10.8. The number of esters is 1. The van der Waals surface area contributed by atoms with Crippen LogP contribution in [0, 0.1) is 24.2 Å². The molecule has 0 aromatic heterocycles. The lowest BCUT2D eigenvalue weighted by molar-refractivity contribution is -0.384. The lowest BCUT2D eigenvalue weighted by Crippen LogP contribution is -2.05. The lowest BCUT2D eigenvalue weighted by atomic mass is 10.1. The maximum atomic E-state index is 12.4. The van der Waals surface area contributed by atoms with E-state index in [1.54, 1.807) is 24.3 Å². The second kappa shape index (κ2) is 10.7. The van der Waals surface area contributed by atoms with Gasteiger partial charge >= 0.3 is 5.97 Å². The van der Waals surface area contributed by atoms with Crippen molar-refractivity contribution in [2.75, 3.05) is 7.11 Å². The maximum absolute atomic E-state index is 12.4. The van der Waals surface area contributed by atoms with Crippen LogP contribution in [0.15, 0.2) is 65.3 Å². The molecule has 0 radical (unpaired) electrons. The number of ether oxygens (including phenoxy) is 3. The van der Waals surface area contributed by atoms with E-state index >= 15 is 0 Å². The van der Waals surface area contributed by atoms with Gasteiger partial charge in [0.15, 0.2) is 17.2 Å². The highest BCUT2D eigenvalue weighted by atomic mass is 127. The van der Waals surface area contributed by atoms with Gasteiger partial charge in [0.2, 0.25) is 5.90 Å². The summed E-state index contributed by atoms with van der Waals surface area (Å²) in [7, 11) is 1.53. The van der Waals surface area contributed by atoms with Crippen LogP contribution in [0.2, 0.25) is 0 Å². The minimum Gasteiger partial charge on any atom is -0.493 e. The second-order valence-electron chi connectivity index (χ2n) is 7.55. The van der Waals surface area contributed by atoms with Gasteiger partial charge < -0.3 is 14.2 Å². The highest BCUT2D eigenvalue weighted by Gasteiger charge is 2.25. The SMILES string of the molecule is COc1cc(/C=C2\N=C(c3ccc(I)c(C)c3)OC2=O)cc(I)c1OCc1ccc([N+](=O)[O-])cc1. The molecule has 0 saturated heterocycles. The smallest absolute Gasteiger partial charge is 0.363 e. The molecule has 1 aliphatic rings. The molecule has 0 spiro atoms. The van der Waals surface area contributed by atoms with Crippen molar-refractivity contribution in [3.8, 4) is 11.5 Å². The normalized spacial score (nSPS) is 14.0. The molecule has 4 rings (SSSR count). The maximum Gasteiger partial charge on any atom is 0.363 e. The minimum absolute atomic E-state index is 0.0201. The van der Waals surface area contributed by atoms with Gasteiger partial charge in [-0.3, -0.25) is 10.1 Å². The number of benzene rings is 3. The molecule has 0 amide bonds. The number of carbonyl (C=O) groups excluding carboxylic acids is 1. The third-order valence-corrected chi connectivity index (χ3v) is 7.12. The largest absolute Gasteiger partial charge is 0.493 e. The number of aryl methyl sites for hydroxylation is 1. The van der Waals surface area contributed by atoms with Crippen LogP contribution in [-0.2, 0) is 16.1 Å². The Kier molecular flexibility index (Phi) is 7.69. The van der Waals surface area contributed by atoms with E-state index in [1.165, 1.54) is 19.2 Å². The standard InChI is InChI=1S/C25H18I2N2O6/c1-14-9-17(5-8-19(14)26)24-28-21(25(30)35-24)11-16-10-20(27)23(22(12-16)33-2)34-13-15-3-6-18(7-4-15)29(31)32/h3-12H,13H2,1-2H3/b21-11-. The molecule has 0 saturated carbocycles. The van der Waals surface area contributed by atoms with Crippen molar-refractivity contribution in [3.63, 3.8) is 0 Å². The third kappa shape index (κ3) is 5.81. The van der Waals surface area contributed by atoms with E-state index in [9.17, 15) is 14.9 Å². The van der Waals surface area contributed by atoms with Crippen LogP contribution in [0.25, 0.3) is 6.08 Å². The van der Waals surface area contributed by atoms with Crippen molar-refractivity contribution >= 4 is 68.8 Å². The van der Waals surface area contributed by atoms with Crippen LogP contribution < -0.4 is 9.47 Å². The van der Waals surface area contributed by atoms with E-state index in [4.69, 9.17) is 14.2 Å². The Morgan fingerprint density at radius 3 is 2.49 bits per heavy atom. The van der Waals surface area contributed by atoms with Gasteiger partial charge in [-0.15, -0.1) is 0 Å². The molecule has 0 atom stereocenters. The first-order valence-electron chi connectivity index (χ1n) is 10.3. The molecule has 0 unspecified atom stereocenters. The van der Waals surface area contributed by atoms with Gasteiger partial charge in [-0.05, 0) is 117 Å². The van der Waals surface area contributed by atoms with Gasteiger partial charge in [0.1, 0.15) is 6.61 Å². The van der Waals surface area contributed by atoms with Crippen molar-refractivity contribution in [1.29, 1.82) is 0 Å². The van der Waals surface area contributed by atoms with Crippen LogP contribution in [0.4, 0.5) is 5.69 Å². The Morgan fingerprint density at radius 1 is 1.09 bits per heavy atom.